The van der Waals surface area contributed by atoms with Crippen molar-refractivity contribution in [3.63, 3.8) is 0 Å². The Morgan fingerprint density at radius 2 is 2.06 bits per heavy atom. The average Bonchev–Trinajstić information content (AvgIpc) is 2.30. The summed E-state index contributed by atoms with van der Waals surface area (Å²) in [4.78, 5) is 5.54. The first kappa shape index (κ1) is 14.3. The molecular weight excluding hydrogens is 250 g/mol. The average molecular weight is 268 g/mol. The molecule has 98 valence electrons. The van der Waals surface area contributed by atoms with Crippen molar-refractivity contribution < 1.29 is 0 Å². The molecule has 0 atom stereocenters. The fourth-order valence-electron chi connectivity index (χ4n) is 1.56. The summed E-state index contributed by atoms with van der Waals surface area (Å²) in [6.45, 7) is 3.24. The first-order valence-corrected chi connectivity index (χ1v) is 6.09. The second-order valence-electron chi connectivity index (χ2n) is 3.87. The molecule has 0 heterocycles. The second-order valence-corrected chi connectivity index (χ2v) is 4.28. The quantitative estimate of drug-likeness (QED) is 0.573. The van der Waals surface area contributed by atoms with Crippen molar-refractivity contribution in [1.29, 1.82) is 5.41 Å². The van der Waals surface area contributed by atoms with Crippen LogP contribution >= 0.6 is 11.6 Å². The van der Waals surface area contributed by atoms with Crippen LogP contribution in [0.15, 0.2) is 29.3 Å². The number of nitrogens with zero attached hydrogens (tertiary/aromatic N) is 2. The van der Waals surface area contributed by atoms with Gasteiger partial charge in [0.1, 0.15) is 0 Å². The number of aliphatic imine (C=N–C) groups is 1. The summed E-state index contributed by atoms with van der Waals surface area (Å²) >= 11 is 6.10. The van der Waals surface area contributed by atoms with Crippen molar-refractivity contribution in [2.75, 3.05) is 6.54 Å². The minimum absolute atomic E-state index is 0.0526. The lowest BCUT2D eigenvalue weighted by Crippen LogP contribution is -2.33. The van der Waals surface area contributed by atoms with Gasteiger partial charge in [-0.25, -0.2) is 0 Å². The maximum absolute atomic E-state index is 7.83. The summed E-state index contributed by atoms with van der Waals surface area (Å²) in [6.07, 6.45) is 0.896. The Labute approximate surface area is 112 Å². The van der Waals surface area contributed by atoms with Crippen LogP contribution in [0.2, 0.25) is 5.02 Å². The minimum atomic E-state index is -0.111. The van der Waals surface area contributed by atoms with Crippen molar-refractivity contribution >= 4 is 23.5 Å². The third-order valence-corrected chi connectivity index (χ3v) is 2.72. The standard InChI is InChI=1S/C12H18ClN5/c1-2-7-18(12(16)17-11(14)15)8-9-5-3-4-6-10(9)13/h3-6H,2,7-8H2,1H3,(H5,14,15,16,17). The van der Waals surface area contributed by atoms with Crippen LogP contribution in [-0.2, 0) is 6.54 Å². The summed E-state index contributed by atoms with van der Waals surface area (Å²) in [5, 5.41) is 8.51. The van der Waals surface area contributed by atoms with Gasteiger partial charge >= 0.3 is 0 Å². The van der Waals surface area contributed by atoms with E-state index in [1.54, 1.807) is 4.90 Å². The van der Waals surface area contributed by atoms with Crippen LogP contribution in [0.1, 0.15) is 18.9 Å². The summed E-state index contributed by atoms with van der Waals surface area (Å²) < 4.78 is 0. The summed E-state index contributed by atoms with van der Waals surface area (Å²) in [6, 6.07) is 7.53. The van der Waals surface area contributed by atoms with E-state index in [1.165, 1.54) is 0 Å². The molecule has 1 aromatic rings. The molecule has 0 bridgehead atoms. The van der Waals surface area contributed by atoms with Gasteiger partial charge in [0.2, 0.25) is 5.96 Å². The van der Waals surface area contributed by atoms with Crippen LogP contribution in [0.3, 0.4) is 0 Å². The molecule has 1 aromatic carbocycles. The highest BCUT2D eigenvalue weighted by Gasteiger charge is 2.10. The molecule has 0 saturated carbocycles. The number of benzene rings is 1. The van der Waals surface area contributed by atoms with Crippen LogP contribution in [-0.4, -0.2) is 23.4 Å². The third-order valence-electron chi connectivity index (χ3n) is 2.35. The number of guanidine groups is 2. The predicted octanol–water partition coefficient (Wildman–Crippen LogP) is 1.76. The topological polar surface area (TPSA) is 91.5 Å². The van der Waals surface area contributed by atoms with E-state index in [4.69, 9.17) is 28.5 Å². The maximum atomic E-state index is 7.83. The van der Waals surface area contributed by atoms with Crippen molar-refractivity contribution in [3.8, 4) is 0 Å². The van der Waals surface area contributed by atoms with E-state index in [0.29, 0.717) is 18.1 Å². The lowest BCUT2D eigenvalue weighted by atomic mass is 10.2. The number of hydrogen-bond donors (Lipinski definition) is 3. The Kier molecular flexibility index (Phi) is 5.45. The Bertz CT molecular complexity index is 440. The first-order valence-electron chi connectivity index (χ1n) is 5.71. The number of hydrogen-bond acceptors (Lipinski definition) is 1. The highest BCUT2D eigenvalue weighted by Crippen LogP contribution is 2.17. The van der Waals surface area contributed by atoms with Crippen molar-refractivity contribution in [1.82, 2.24) is 4.90 Å². The zero-order valence-corrected chi connectivity index (χ0v) is 11.1. The van der Waals surface area contributed by atoms with Crippen LogP contribution in [0.5, 0.6) is 0 Å². The smallest absolute Gasteiger partial charge is 0.221 e. The molecule has 5 N–H and O–H groups in total. The normalized spacial score (nSPS) is 9.89. The Morgan fingerprint density at radius 3 is 2.61 bits per heavy atom. The molecule has 0 amide bonds. The molecule has 0 aliphatic heterocycles. The number of nitrogens with one attached hydrogen (secondary N) is 1. The molecule has 0 aliphatic carbocycles. The molecule has 0 aliphatic rings. The molecule has 0 aromatic heterocycles. The zero-order valence-electron chi connectivity index (χ0n) is 10.4. The molecule has 18 heavy (non-hydrogen) atoms. The zero-order chi connectivity index (χ0) is 13.5. The summed E-state index contributed by atoms with van der Waals surface area (Å²) in [5.41, 5.74) is 11.5. The van der Waals surface area contributed by atoms with Crippen molar-refractivity contribution in [2.24, 2.45) is 16.5 Å². The van der Waals surface area contributed by atoms with E-state index < -0.39 is 0 Å². The molecule has 0 radical (unpaired) electrons. The minimum Gasteiger partial charge on any atom is -0.370 e. The fourth-order valence-corrected chi connectivity index (χ4v) is 1.75. The lowest BCUT2D eigenvalue weighted by Gasteiger charge is -2.22. The van der Waals surface area contributed by atoms with Gasteiger partial charge in [-0.15, -0.1) is 0 Å². The van der Waals surface area contributed by atoms with Crippen LogP contribution in [0, 0.1) is 5.41 Å². The van der Waals surface area contributed by atoms with Gasteiger partial charge in [0, 0.05) is 18.1 Å². The maximum Gasteiger partial charge on any atom is 0.221 e. The van der Waals surface area contributed by atoms with Crippen molar-refractivity contribution in [2.45, 2.75) is 19.9 Å². The van der Waals surface area contributed by atoms with Crippen LogP contribution < -0.4 is 11.5 Å². The van der Waals surface area contributed by atoms with Crippen LogP contribution in [0.25, 0.3) is 0 Å². The molecule has 6 heteroatoms. The fraction of sp³-hybridized carbons (Fsp3) is 0.333. The number of nitrogens with two attached hydrogens (primary N) is 2. The molecule has 0 unspecified atom stereocenters. The van der Waals surface area contributed by atoms with Gasteiger partial charge in [-0.3, -0.25) is 5.41 Å². The molecule has 0 saturated heterocycles. The summed E-state index contributed by atoms with van der Waals surface area (Å²) in [7, 11) is 0. The highest BCUT2D eigenvalue weighted by molar-refractivity contribution is 6.31. The molecule has 0 spiro atoms. The lowest BCUT2D eigenvalue weighted by molar-refractivity contribution is 0.405. The Balaban J connectivity index is 2.84. The van der Waals surface area contributed by atoms with E-state index in [1.807, 2.05) is 31.2 Å². The molecule has 5 nitrogen and oxygen atoms in total. The van der Waals surface area contributed by atoms with Gasteiger partial charge < -0.3 is 16.4 Å². The molecule has 1 rings (SSSR count). The van der Waals surface area contributed by atoms with E-state index >= 15 is 0 Å². The predicted molar refractivity (Wildman–Crippen MR) is 75.7 cm³/mol. The van der Waals surface area contributed by atoms with Gasteiger partial charge in [-0.1, -0.05) is 36.7 Å². The summed E-state index contributed by atoms with van der Waals surface area (Å²) in [5.74, 6) is -0.0583. The van der Waals surface area contributed by atoms with Gasteiger partial charge in [0.15, 0.2) is 5.96 Å². The molecular formula is C12H18ClN5. The first-order chi connectivity index (χ1) is 8.54. The van der Waals surface area contributed by atoms with Gasteiger partial charge in [-0.05, 0) is 18.1 Å². The SMILES string of the molecule is CCCN(Cc1ccccc1Cl)C(=N)N=C(N)N. The van der Waals surface area contributed by atoms with Gasteiger partial charge in [0.25, 0.3) is 0 Å². The monoisotopic (exact) mass is 267 g/mol. The van der Waals surface area contributed by atoms with E-state index in [-0.39, 0.29) is 11.9 Å². The van der Waals surface area contributed by atoms with E-state index in [0.717, 1.165) is 12.0 Å². The molecule has 0 fully saturated rings. The van der Waals surface area contributed by atoms with Crippen molar-refractivity contribution in [3.05, 3.63) is 34.9 Å². The third kappa shape index (κ3) is 4.25. The highest BCUT2D eigenvalue weighted by atomic mass is 35.5. The second kappa shape index (κ2) is 6.86. The van der Waals surface area contributed by atoms with Gasteiger partial charge in [-0.2, -0.15) is 4.99 Å². The van der Waals surface area contributed by atoms with Crippen LogP contribution in [0.4, 0.5) is 0 Å². The Hall–Kier alpha value is -1.75. The van der Waals surface area contributed by atoms with E-state index in [2.05, 4.69) is 4.99 Å². The number of halogens is 1. The Morgan fingerprint density at radius 1 is 1.39 bits per heavy atom. The van der Waals surface area contributed by atoms with Gasteiger partial charge in [0.05, 0.1) is 0 Å². The largest absolute Gasteiger partial charge is 0.370 e. The number of rotatable bonds is 4. The van der Waals surface area contributed by atoms with E-state index in [9.17, 15) is 0 Å².